The molecule has 158 valence electrons. The predicted octanol–water partition coefficient (Wildman–Crippen LogP) is 5.27. The van der Waals surface area contributed by atoms with E-state index in [0.29, 0.717) is 17.0 Å². The van der Waals surface area contributed by atoms with E-state index in [1.165, 1.54) is 6.07 Å². The first-order chi connectivity index (χ1) is 14.3. The highest BCUT2D eigenvalue weighted by molar-refractivity contribution is 5.95. The summed E-state index contributed by atoms with van der Waals surface area (Å²) in [5, 5.41) is 2.88. The monoisotopic (exact) mass is 416 g/mol. The van der Waals surface area contributed by atoms with E-state index in [0.717, 1.165) is 54.6 Å². The van der Waals surface area contributed by atoms with Crippen LogP contribution in [0.5, 0.6) is 0 Å². The Bertz CT molecular complexity index is 1050. The van der Waals surface area contributed by atoms with Gasteiger partial charge in [0.2, 0.25) is 0 Å². The van der Waals surface area contributed by atoms with E-state index in [1.807, 2.05) is 11.5 Å². The molecule has 0 spiro atoms. The summed E-state index contributed by atoms with van der Waals surface area (Å²) in [5.41, 5.74) is 3.48. The summed E-state index contributed by atoms with van der Waals surface area (Å²) >= 11 is 0. The molecule has 7 heteroatoms. The van der Waals surface area contributed by atoms with Crippen LogP contribution in [0.15, 0.2) is 47.1 Å². The topological polar surface area (TPSA) is 47.2 Å². The van der Waals surface area contributed by atoms with Gasteiger partial charge in [0.1, 0.15) is 11.5 Å². The van der Waals surface area contributed by atoms with Crippen molar-refractivity contribution in [2.24, 2.45) is 0 Å². The summed E-state index contributed by atoms with van der Waals surface area (Å²) in [4.78, 5) is 13.1. The molecule has 0 radical (unpaired) electrons. The van der Waals surface area contributed by atoms with E-state index in [1.54, 1.807) is 24.5 Å². The highest BCUT2D eigenvalue weighted by atomic mass is 19.4. The van der Waals surface area contributed by atoms with Gasteiger partial charge in [-0.15, -0.1) is 0 Å². The Morgan fingerprint density at radius 2 is 1.97 bits per heavy atom. The number of rotatable bonds is 5. The van der Waals surface area contributed by atoms with Crippen molar-refractivity contribution < 1.29 is 22.4 Å². The molecule has 0 bridgehead atoms. The van der Waals surface area contributed by atoms with Gasteiger partial charge in [0.25, 0.3) is 5.91 Å². The first-order valence-corrected chi connectivity index (χ1v) is 10.0. The standard InChI is InChI=1S/C23H23F3N2O2/c1-15-19-9-2-3-10-20(19)28(14-16-6-4-7-17(12-16)23(24,25)26)21(15)22(29)27-13-18-8-5-11-30-18/h4-8,11-12H,2-3,9-10,13-14H2,1H3,(H,27,29). The van der Waals surface area contributed by atoms with Crippen LogP contribution in [0.1, 0.15) is 57.0 Å². The number of carbonyl (C=O) groups is 1. The molecule has 0 fully saturated rings. The molecule has 0 saturated heterocycles. The zero-order valence-electron chi connectivity index (χ0n) is 16.7. The Morgan fingerprint density at radius 1 is 1.17 bits per heavy atom. The minimum absolute atomic E-state index is 0.226. The normalized spacial score (nSPS) is 13.9. The highest BCUT2D eigenvalue weighted by Crippen LogP contribution is 2.32. The third-order valence-corrected chi connectivity index (χ3v) is 5.66. The van der Waals surface area contributed by atoms with Gasteiger partial charge in [0.15, 0.2) is 0 Å². The summed E-state index contributed by atoms with van der Waals surface area (Å²) in [5.74, 6) is 0.395. The Labute approximate surface area is 172 Å². The molecule has 4 nitrogen and oxygen atoms in total. The molecule has 0 unspecified atom stereocenters. The van der Waals surface area contributed by atoms with E-state index in [9.17, 15) is 18.0 Å². The maximum absolute atomic E-state index is 13.1. The van der Waals surface area contributed by atoms with Crippen molar-refractivity contribution in [3.05, 3.63) is 82.1 Å². The maximum Gasteiger partial charge on any atom is 0.416 e. The van der Waals surface area contributed by atoms with E-state index in [2.05, 4.69) is 5.32 Å². The van der Waals surface area contributed by atoms with Crippen LogP contribution >= 0.6 is 0 Å². The Morgan fingerprint density at radius 3 is 2.70 bits per heavy atom. The fourth-order valence-corrected chi connectivity index (χ4v) is 4.23. The second-order valence-electron chi connectivity index (χ2n) is 7.65. The molecule has 30 heavy (non-hydrogen) atoms. The van der Waals surface area contributed by atoms with E-state index in [4.69, 9.17) is 4.42 Å². The lowest BCUT2D eigenvalue weighted by atomic mass is 9.95. The molecular formula is C23H23F3N2O2. The lowest BCUT2D eigenvalue weighted by molar-refractivity contribution is -0.137. The molecular weight excluding hydrogens is 393 g/mol. The van der Waals surface area contributed by atoms with Crippen molar-refractivity contribution in [1.29, 1.82) is 0 Å². The van der Waals surface area contributed by atoms with Crippen molar-refractivity contribution in [2.75, 3.05) is 0 Å². The van der Waals surface area contributed by atoms with Gasteiger partial charge in [-0.05, 0) is 73.6 Å². The maximum atomic E-state index is 13.1. The fourth-order valence-electron chi connectivity index (χ4n) is 4.23. The molecule has 0 atom stereocenters. The Hall–Kier alpha value is -2.96. The molecule has 1 amide bonds. The number of benzene rings is 1. The molecule has 1 aliphatic carbocycles. The first kappa shape index (κ1) is 20.3. The Kier molecular flexibility index (Phi) is 5.45. The summed E-state index contributed by atoms with van der Waals surface area (Å²) < 4.78 is 46.6. The van der Waals surface area contributed by atoms with Gasteiger partial charge in [-0.25, -0.2) is 0 Å². The number of fused-ring (bicyclic) bond motifs is 1. The van der Waals surface area contributed by atoms with Gasteiger partial charge in [-0.3, -0.25) is 4.79 Å². The van der Waals surface area contributed by atoms with Crippen molar-refractivity contribution in [3.63, 3.8) is 0 Å². The molecule has 1 aromatic carbocycles. The average Bonchev–Trinajstić information content (AvgIpc) is 3.33. The van der Waals surface area contributed by atoms with E-state index >= 15 is 0 Å². The van der Waals surface area contributed by atoms with Crippen LogP contribution in [0.25, 0.3) is 0 Å². The SMILES string of the molecule is Cc1c2c(n(Cc3cccc(C(F)(F)F)c3)c1C(=O)NCc1ccco1)CCCC2. The van der Waals surface area contributed by atoms with Crippen molar-refractivity contribution in [2.45, 2.75) is 51.9 Å². The van der Waals surface area contributed by atoms with Gasteiger partial charge in [-0.2, -0.15) is 13.2 Å². The minimum Gasteiger partial charge on any atom is -0.467 e. The van der Waals surface area contributed by atoms with Gasteiger partial charge < -0.3 is 14.3 Å². The number of nitrogens with zero attached hydrogens (tertiary/aromatic N) is 1. The van der Waals surface area contributed by atoms with Gasteiger partial charge in [0.05, 0.1) is 18.4 Å². The molecule has 0 saturated carbocycles. The molecule has 4 rings (SSSR count). The van der Waals surface area contributed by atoms with Gasteiger partial charge in [-0.1, -0.05) is 12.1 Å². The van der Waals surface area contributed by atoms with Crippen LogP contribution in [-0.4, -0.2) is 10.5 Å². The second kappa shape index (κ2) is 8.05. The smallest absolute Gasteiger partial charge is 0.416 e. The number of aromatic nitrogens is 1. The number of amides is 1. The molecule has 2 heterocycles. The third kappa shape index (κ3) is 4.01. The number of hydrogen-bond acceptors (Lipinski definition) is 2. The highest BCUT2D eigenvalue weighted by Gasteiger charge is 2.31. The predicted molar refractivity (Wildman–Crippen MR) is 106 cm³/mol. The van der Waals surface area contributed by atoms with E-state index < -0.39 is 11.7 Å². The molecule has 3 aromatic rings. The number of carbonyl (C=O) groups excluding carboxylic acids is 1. The molecule has 0 aliphatic heterocycles. The first-order valence-electron chi connectivity index (χ1n) is 10.0. The van der Waals surface area contributed by atoms with Crippen molar-refractivity contribution >= 4 is 5.91 Å². The fraction of sp³-hybridized carbons (Fsp3) is 0.348. The molecule has 1 N–H and O–H groups in total. The largest absolute Gasteiger partial charge is 0.467 e. The summed E-state index contributed by atoms with van der Waals surface area (Å²) in [6, 6.07) is 8.84. The van der Waals surface area contributed by atoms with Crippen LogP contribution in [-0.2, 0) is 32.1 Å². The number of nitrogens with one attached hydrogen (secondary N) is 1. The van der Waals surface area contributed by atoms with Crippen molar-refractivity contribution in [3.8, 4) is 0 Å². The zero-order valence-corrected chi connectivity index (χ0v) is 16.7. The van der Waals surface area contributed by atoms with Crippen LogP contribution in [0.2, 0.25) is 0 Å². The van der Waals surface area contributed by atoms with Crippen LogP contribution in [0.3, 0.4) is 0 Å². The summed E-state index contributed by atoms with van der Waals surface area (Å²) in [7, 11) is 0. The zero-order chi connectivity index (χ0) is 21.3. The van der Waals surface area contributed by atoms with E-state index in [-0.39, 0.29) is 19.0 Å². The van der Waals surface area contributed by atoms with Gasteiger partial charge >= 0.3 is 6.18 Å². The number of alkyl halides is 3. The lowest BCUT2D eigenvalue weighted by Gasteiger charge is -2.18. The minimum atomic E-state index is -4.40. The quantitative estimate of drug-likeness (QED) is 0.616. The number of furan rings is 1. The third-order valence-electron chi connectivity index (χ3n) is 5.66. The summed E-state index contributed by atoms with van der Waals surface area (Å²) in [6.45, 7) is 2.41. The summed E-state index contributed by atoms with van der Waals surface area (Å²) in [6.07, 6.45) is 0.907. The van der Waals surface area contributed by atoms with Crippen LogP contribution < -0.4 is 5.32 Å². The average molecular weight is 416 g/mol. The van der Waals surface area contributed by atoms with Crippen molar-refractivity contribution in [1.82, 2.24) is 9.88 Å². The molecule has 1 aliphatic rings. The lowest BCUT2D eigenvalue weighted by Crippen LogP contribution is -2.27. The van der Waals surface area contributed by atoms with Gasteiger partial charge in [0, 0.05) is 12.2 Å². The molecule has 2 aromatic heterocycles. The van der Waals surface area contributed by atoms with Crippen LogP contribution in [0, 0.1) is 6.92 Å². The second-order valence-corrected chi connectivity index (χ2v) is 7.65. The number of halogens is 3. The van der Waals surface area contributed by atoms with Crippen LogP contribution in [0.4, 0.5) is 13.2 Å². The Balaban J connectivity index is 1.69. The number of hydrogen-bond donors (Lipinski definition) is 1.